The minimum Gasteiger partial charge on any atom is -0.489 e. The fraction of sp³-hybridized carbons (Fsp3) is 0.542. The van der Waals surface area contributed by atoms with Gasteiger partial charge in [-0.2, -0.15) is 0 Å². The molecule has 2 N–H and O–H groups in total. The first kappa shape index (κ1) is 21.6. The molecule has 0 spiro atoms. The van der Waals surface area contributed by atoms with Crippen molar-refractivity contribution in [2.45, 2.75) is 70.6 Å². The van der Waals surface area contributed by atoms with Gasteiger partial charge in [-0.1, -0.05) is 0 Å². The van der Waals surface area contributed by atoms with E-state index in [9.17, 15) is 9.59 Å². The third kappa shape index (κ3) is 4.98. The highest BCUT2D eigenvalue weighted by Gasteiger charge is 2.27. The summed E-state index contributed by atoms with van der Waals surface area (Å²) >= 11 is 0. The van der Waals surface area contributed by atoms with Crippen LogP contribution in [0.4, 0.5) is 0 Å². The molecule has 7 nitrogen and oxygen atoms in total. The maximum atomic E-state index is 13.1. The van der Waals surface area contributed by atoms with Crippen molar-refractivity contribution in [2.24, 2.45) is 0 Å². The van der Waals surface area contributed by atoms with E-state index < -0.39 is 0 Å². The number of rotatable bonds is 5. The van der Waals surface area contributed by atoms with Gasteiger partial charge >= 0.3 is 0 Å². The van der Waals surface area contributed by atoms with Crippen molar-refractivity contribution in [1.82, 2.24) is 20.2 Å². The molecule has 166 valence electrons. The van der Waals surface area contributed by atoms with E-state index in [-0.39, 0.29) is 35.2 Å². The average Bonchev–Trinajstić information content (AvgIpc) is 2.77. The van der Waals surface area contributed by atoms with Gasteiger partial charge in [-0.3, -0.25) is 14.6 Å². The molecule has 1 aliphatic carbocycles. The van der Waals surface area contributed by atoms with Crippen molar-refractivity contribution in [2.75, 3.05) is 13.1 Å². The second-order valence-electron chi connectivity index (χ2n) is 8.72. The number of amides is 1. The zero-order chi connectivity index (χ0) is 21.8. The van der Waals surface area contributed by atoms with E-state index >= 15 is 0 Å². The number of piperidine rings is 1. The van der Waals surface area contributed by atoms with Crippen LogP contribution >= 0.6 is 0 Å². The van der Waals surface area contributed by atoms with Crippen molar-refractivity contribution in [3.8, 4) is 5.75 Å². The van der Waals surface area contributed by atoms with E-state index in [0.717, 1.165) is 68.6 Å². The van der Waals surface area contributed by atoms with Crippen LogP contribution in [0.5, 0.6) is 5.75 Å². The molecule has 1 saturated heterocycles. The van der Waals surface area contributed by atoms with Gasteiger partial charge in [-0.15, -0.1) is 0 Å². The highest BCUT2D eigenvalue weighted by Crippen LogP contribution is 2.25. The molecule has 2 fully saturated rings. The van der Waals surface area contributed by atoms with Crippen LogP contribution in [-0.2, 0) is 0 Å². The van der Waals surface area contributed by atoms with E-state index in [4.69, 9.17) is 4.74 Å². The molecule has 2 aromatic rings. The molecule has 0 unspecified atom stereocenters. The van der Waals surface area contributed by atoms with Crippen LogP contribution in [-0.4, -0.2) is 40.7 Å². The van der Waals surface area contributed by atoms with Crippen LogP contribution in [0.25, 0.3) is 0 Å². The van der Waals surface area contributed by atoms with Gasteiger partial charge < -0.3 is 19.9 Å². The van der Waals surface area contributed by atoms with Crippen molar-refractivity contribution in [3.05, 3.63) is 57.8 Å². The second-order valence-corrected chi connectivity index (χ2v) is 8.72. The molecule has 7 heteroatoms. The minimum absolute atomic E-state index is 0.0636. The van der Waals surface area contributed by atoms with Gasteiger partial charge in [0.2, 0.25) is 0 Å². The number of pyridine rings is 2. The molecule has 0 aromatic carbocycles. The molecule has 1 amide bonds. The predicted molar refractivity (Wildman–Crippen MR) is 120 cm³/mol. The molecule has 3 heterocycles. The Bertz CT molecular complexity index is 973. The van der Waals surface area contributed by atoms with Gasteiger partial charge in [0, 0.05) is 24.5 Å². The molecule has 2 aromatic heterocycles. The third-order valence-electron chi connectivity index (χ3n) is 6.52. The fourth-order valence-electron chi connectivity index (χ4n) is 4.65. The van der Waals surface area contributed by atoms with Gasteiger partial charge in [-0.05, 0) is 89.2 Å². The summed E-state index contributed by atoms with van der Waals surface area (Å²) in [4.78, 5) is 30.4. The number of nitrogens with zero attached hydrogens (tertiary/aromatic N) is 2. The van der Waals surface area contributed by atoms with E-state index in [0.29, 0.717) is 0 Å². The summed E-state index contributed by atoms with van der Waals surface area (Å²) in [5.74, 6) is 0.576. The van der Waals surface area contributed by atoms with Crippen LogP contribution in [0.3, 0.4) is 0 Å². The number of carbonyl (C=O) groups excluding carboxylic acids is 1. The molecular weight excluding hydrogens is 392 g/mol. The Morgan fingerprint density at radius 1 is 1.13 bits per heavy atom. The average molecular weight is 425 g/mol. The standard InChI is InChI=1S/C24H32N4O3/c1-16-11-15-28(19-9-13-25-14-10-19)24(30)22(16)23(29)27-18-5-7-20(8-6-18)31-21-4-3-12-26-17(21)2/h3-4,11-12,15,18-20,25H,5-10,13-14H2,1-2H3,(H,27,29). The van der Waals surface area contributed by atoms with Gasteiger partial charge in [0.1, 0.15) is 11.3 Å². The Labute approximate surface area is 183 Å². The Hall–Kier alpha value is -2.67. The van der Waals surface area contributed by atoms with E-state index in [1.807, 2.05) is 38.2 Å². The summed E-state index contributed by atoms with van der Waals surface area (Å²) in [5, 5.41) is 6.43. The summed E-state index contributed by atoms with van der Waals surface area (Å²) in [6.07, 6.45) is 8.96. The summed E-state index contributed by atoms with van der Waals surface area (Å²) < 4.78 is 7.87. The number of aryl methyl sites for hydroxylation is 2. The molecule has 0 radical (unpaired) electrons. The zero-order valence-corrected chi connectivity index (χ0v) is 18.4. The van der Waals surface area contributed by atoms with Crippen LogP contribution in [0.2, 0.25) is 0 Å². The van der Waals surface area contributed by atoms with Gasteiger partial charge in [-0.25, -0.2) is 0 Å². The minimum atomic E-state index is -0.252. The molecule has 2 aliphatic rings. The van der Waals surface area contributed by atoms with Crippen molar-refractivity contribution >= 4 is 5.91 Å². The quantitative estimate of drug-likeness (QED) is 0.771. The van der Waals surface area contributed by atoms with Crippen LogP contribution in [0.1, 0.15) is 66.2 Å². The monoisotopic (exact) mass is 424 g/mol. The summed E-state index contributed by atoms with van der Waals surface area (Å²) in [6, 6.07) is 5.94. The molecule has 31 heavy (non-hydrogen) atoms. The Balaban J connectivity index is 1.38. The van der Waals surface area contributed by atoms with Crippen LogP contribution < -0.4 is 20.9 Å². The first-order valence-corrected chi connectivity index (χ1v) is 11.3. The summed E-state index contributed by atoms with van der Waals surface area (Å²) in [5.41, 5.74) is 1.73. The van der Waals surface area contributed by atoms with Gasteiger partial charge in [0.25, 0.3) is 11.5 Å². The lowest BCUT2D eigenvalue weighted by Gasteiger charge is -2.30. The van der Waals surface area contributed by atoms with E-state index in [1.165, 1.54) is 0 Å². The van der Waals surface area contributed by atoms with Crippen molar-refractivity contribution in [1.29, 1.82) is 0 Å². The number of hydrogen-bond donors (Lipinski definition) is 2. The number of carbonyl (C=O) groups is 1. The van der Waals surface area contributed by atoms with E-state index in [1.54, 1.807) is 10.8 Å². The number of nitrogens with one attached hydrogen (secondary N) is 2. The lowest BCUT2D eigenvalue weighted by atomic mass is 9.92. The van der Waals surface area contributed by atoms with E-state index in [2.05, 4.69) is 15.6 Å². The first-order valence-electron chi connectivity index (χ1n) is 11.3. The maximum absolute atomic E-state index is 13.1. The fourth-order valence-corrected chi connectivity index (χ4v) is 4.65. The second kappa shape index (κ2) is 9.64. The number of ether oxygens (including phenoxy) is 1. The predicted octanol–water partition coefficient (Wildman–Crippen LogP) is 2.90. The Morgan fingerprint density at radius 2 is 1.87 bits per heavy atom. The summed E-state index contributed by atoms with van der Waals surface area (Å²) in [6.45, 7) is 5.58. The van der Waals surface area contributed by atoms with Crippen molar-refractivity contribution < 1.29 is 9.53 Å². The molecule has 4 rings (SSSR count). The summed E-state index contributed by atoms with van der Waals surface area (Å²) in [7, 11) is 0. The molecule has 1 saturated carbocycles. The molecule has 0 atom stereocenters. The smallest absolute Gasteiger partial charge is 0.263 e. The topological polar surface area (TPSA) is 85.2 Å². The van der Waals surface area contributed by atoms with Gasteiger partial charge in [0.15, 0.2) is 0 Å². The Morgan fingerprint density at radius 3 is 2.58 bits per heavy atom. The maximum Gasteiger partial charge on any atom is 0.263 e. The highest BCUT2D eigenvalue weighted by atomic mass is 16.5. The van der Waals surface area contributed by atoms with Crippen LogP contribution in [0, 0.1) is 13.8 Å². The largest absolute Gasteiger partial charge is 0.489 e. The highest BCUT2D eigenvalue weighted by molar-refractivity contribution is 5.95. The lowest BCUT2D eigenvalue weighted by Crippen LogP contribution is -2.43. The van der Waals surface area contributed by atoms with Gasteiger partial charge in [0.05, 0.1) is 11.8 Å². The molecule has 0 bridgehead atoms. The lowest BCUT2D eigenvalue weighted by molar-refractivity contribution is 0.0890. The molecular formula is C24H32N4O3. The van der Waals surface area contributed by atoms with Crippen molar-refractivity contribution in [3.63, 3.8) is 0 Å². The zero-order valence-electron chi connectivity index (χ0n) is 18.4. The third-order valence-corrected chi connectivity index (χ3v) is 6.52. The Kier molecular flexibility index (Phi) is 6.70. The molecule has 1 aliphatic heterocycles. The SMILES string of the molecule is Cc1ccn(C2CCNCC2)c(=O)c1C(=O)NC1CCC(Oc2cccnc2C)CC1. The number of hydrogen-bond acceptors (Lipinski definition) is 5. The first-order chi connectivity index (χ1) is 15.0. The van der Waals surface area contributed by atoms with Crippen LogP contribution in [0.15, 0.2) is 35.4 Å². The number of aromatic nitrogens is 2. The normalized spacial score (nSPS) is 22.1.